The van der Waals surface area contributed by atoms with E-state index < -0.39 is 0 Å². The molecule has 116 valence electrons. The van der Waals surface area contributed by atoms with Crippen molar-refractivity contribution >= 4 is 34.3 Å². The Morgan fingerprint density at radius 1 is 1.23 bits per heavy atom. The van der Waals surface area contributed by atoms with Crippen LogP contribution in [0, 0.1) is 0 Å². The number of benzene rings is 1. The van der Waals surface area contributed by atoms with Gasteiger partial charge >= 0.3 is 6.03 Å². The van der Waals surface area contributed by atoms with Gasteiger partial charge in [0.15, 0.2) is 0 Å². The fourth-order valence-corrected chi connectivity index (χ4v) is 3.87. The molecule has 2 heterocycles. The standard InChI is InChI=1S/C14H17N5OS2/c15-13-18-17-12(22-13)11(10-4-2-1-3-5-10)16-14(20)19-6-8-21-9-7-19/h1-5,11H,6-9H2,(H2,15,18)(H,16,20)/t11-/m0/s1. The van der Waals surface area contributed by atoms with E-state index in [2.05, 4.69) is 15.5 Å². The number of amides is 2. The van der Waals surface area contributed by atoms with Gasteiger partial charge in [0.1, 0.15) is 11.0 Å². The number of hydrogen-bond donors (Lipinski definition) is 2. The number of carbonyl (C=O) groups is 1. The predicted molar refractivity (Wildman–Crippen MR) is 90.0 cm³/mol. The fourth-order valence-electron chi connectivity index (χ4n) is 2.28. The zero-order chi connectivity index (χ0) is 15.4. The second-order valence-corrected chi connectivity index (χ2v) is 7.14. The first kappa shape index (κ1) is 15.1. The first-order chi connectivity index (χ1) is 10.7. The van der Waals surface area contributed by atoms with Crippen molar-refractivity contribution in [1.29, 1.82) is 0 Å². The van der Waals surface area contributed by atoms with E-state index in [0.29, 0.717) is 10.1 Å². The first-order valence-corrected chi connectivity index (χ1v) is 8.98. The number of hydrogen-bond acceptors (Lipinski definition) is 6. The maximum atomic E-state index is 12.5. The molecule has 2 aromatic rings. The molecule has 1 saturated heterocycles. The Hall–Kier alpha value is -1.80. The molecule has 22 heavy (non-hydrogen) atoms. The van der Waals surface area contributed by atoms with E-state index >= 15 is 0 Å². The minimum Gasteiger partial charge on any atom is -0.374 e. The number of nitrogens with one attached hydrogen (secondary N) is 1. The topological polar surface area (TPSA) is 84.1 Å². The lowest BCUT2D eigenvalue weighted by molar-refractivity contribution is 0.200. The molecule has 1 atom stereocenters. The Morgan fingerprint density at radius 2 is 1.95 bits per heavy atom. The van der Waals surface area contributed by atoms with E-state index in [1.165, 1.54) is 11.3 Å². The molecule has 1 aliphatic heterocycles. The molecule has 3 N–H and O–H groups in total. The van der Waals surface area contributed by atoms with Crippen LogP contribution < -0.4 is 11.1 Å². The zero-order valence-electron chi connectivity index (χ0n) is 11.9. The number of anilines is 1. The van der Waals surface area contributed by atoms with Crippen molar-refractivity contribution in [3.8, 4) is 0 Å². The number of nitrogens with zero attached hydrogens (tertiary/aromatic N) is 3. The third-order valence-electron chi connectivity index (χ3n) is 3.40. The number of thioether (sulfide) groups is 1. The highest BCUT2D eigenvalue weighted by Gasteiger charge is 2.24. The second-order valence-electron chi connectivity index (χ2n) is 4.87. The molecule has 0 bridgehead atoms. The minimum absolute atomic E-state index is 0.0667. The van der Waals surface area contributed by atoms with Crippen LogP contribution >= 0.6 is 23.1 Å². The normalized spacial score (nSPS) is 16.3. The van der Waals surface area contributed by atoms with Gasteiger partial charge in [-0.25, -0.2) is 4.79 Å². The molecule has 1 aromatic heterocycles. The summed E-state index contributed by atoms with van der Waals surface area (Å²) in [5, 5.41) is 12.1. The van der Waals surface area contributed by atoms with Gasteiger partial charge in [-0.15, -0.1) is 10.2 Å². The van der Waals surface area contributed by atoms with Gasteiger partial charge in [-0.05, 0) is 5.56 Å². The SMILES string of the molecule is Nc1nnc([C@@H](NC(=O)N2CCSCC2)c2ccccc2)s1. The molecule has 6 nitrogen and oxygen atoms in total. The second kappa shape index (κ2) is 6.97. The lowest BCUT2D eigenvalue weighted by atomic mass is 10.1. The molecular weight excluding hydrogens is 318 g/mol. The third-order valence-corrected chi connectivity index (χ3v) is 5.16. The van der Waals surface area contributed by atoms with E-state index in [-0.39, 0.29) is 12.1 Å². The Balaban J connectivity index is 1.81. The maximum absolute atomic E-state index is 12.5. The van der Waals surface area contributed by atoms with E-state index in [0.717, 1.165) is 30.2 Å². The number of aromatic nitrogens is 2. The highest BCUT2D eigenvalue weighted by atomic mass is 32.2. The van der Waals surface area contributed by atoms with Gasteiger partial charge in [0, 0.05) is 24.6 Å². The highest BCUT2D eigenvalue weighted by molar-refractivity contribution is 7.99. The molecule has 8 heteroatoms. The molecule has 0 saturated carbocycles. The zero-order valence-corrected chi connectivity index (χ0v) is 13.6. The predicted octanol–water partition coefficient (Wildman–Crippen LogP) is 1.97. The van der Waals surface area contributed by atoms with Gasteiger partial charge < -0.3 is 16.0 Å². The molecule has 0 spiro atoms. The van der Waals surface area contributed by atoms with Crippen molar-refractivity contribution in [2.75, 3.05) is 30.3 Å². The van der Waals surface area contributed by atoms with Crippen molar-refractivity contribution in [1.82, 2.24) is 20.4 Å². The molecule has 1 aliphatic rings. The Kier molecular flexibility index (Phi) is 4.79. The quantitative estimate of drug-likeness (QED) is 0.896. The number of nitrogens with two attached hydrogens (primary N) is 1. The van der Waals surface area contributed by atoms with Gasteiger partial charge in [-0.1, -0.05) is 41.7 Å². The molecule has 2 amide bonds. The smallest absolute Gasteiger partial charge is 0.318 e. The van der Waals surface area contributed by atoms with Gasteiger partial charge in [0.25, 0.3) is 0 Å². The summed E-state index contributed by atoms with van der Waals surface area (Å²) < 4.78 is 0. The largest absolute Gasteiger partial charge is 0.374 e. The summed E-state index contributed by atoms with van der Waals surface area (Å²) in [4.78, 5) is 14.3. The van der Waals surface area contributed by atoms with Crippen molar-refractivity contribution in [2.45, 2.75) is 6.04 Å². The summed E-state index contributed by atoms with van der Waals surface area (Å²) in [6.07, 6.45) is 0. The summed E-state index contributed by atoms with van der Waals surface area (Å²) in [7, 11) is 0. The van der Waals surface area contributed by atoms with Crippen molar-refractivity contribution in [3.63, 3.8) is 0 Å². The first-order valence-electron chi connectivity index (χ1n) is 7.01. The average molecular weight is 335 g/mol. The van der Waals surface area contributed by atoms with Gasteiger partial charge in [0.05, 0.1) is 0 Å². The van der Waals surface area contributed by atoms with Crippen molar-refractivity contribution in [3.05, 3.63) is 40.9 Å². The van der Waals surface area contributed by atoms with Crippen molar-refractivity contribution < 1.29 is 4.79 Å². The highest BCUT2D eigenvalue weighted by Crippen LogP contribution is 2.26. The van der Waals surface area contributed by atoms with Crippen LogP contribution in [0.4, 0.5) is 9.93 Å². The van der Waals surface area contributed by atoms with Crippen LogP contribution in [0.25, 0.3) is 0 Å². The molecular formula is C14H17N5OS2. The lowest BCUT2D eigenvalue weighted by Crippen LogP contribution is -2.45. The summed E-state index contributed by atoms with van der Waals surface area (Å²) in [5.74, 6) is 1.96. The van der Waals surface area contributed by atoms with Crippen LogP contribution in [-0.4, -0.2) is 45.7 Å². The number of carbonyl (C=O) groups excluding carboxylic acids is 1. The van der Waals surface area contributed by atoms with Crippen LogP contribution in [0.2, 0.25) is 0 Å². The third kappa shape index (κ3) is 3.50. The molecule has 0 unspecified atom stereocenters. The minimum atomic E-state index is -0.321. The number of nitrogen functional groups attached to an aromatic ring is 1. The van der Waals surface area contributed by atoms with Crippen LogP contribution in [-0.2, 0) is 0 Å². The van der Waals surface area contributed by atoms with Crippen LogP contribution in [0.15, 0.2) is 30.3 Å². The van der Waals surface area contributed by atoms with Crippen LogP contribution in [0.5, 0.6) is 0 Å². The molecule has 0 aliphatic carbocycles. The Bertz CT molecular complexity index is 627. The summed E-state index contributed by atoms with van der Waals surface area (Å²) >= 11 is 3.17. The molecule has 1 fully saturated rings. The number of rotatable bonds is 3. The van der Waals surface area contributed by atoms with Crippen LogP contribution in [0.1, 0.15) is 16.6 Å². The Morgan fingerprint density at radius 3 is 2.59 bits per heavy atom. The fraction of sp³-hybridized carbons (Fsp3) is 0.357. The lowest BCUT2D eigenvalue weighted by Gasteiger charge is -2.28. The maximum Gasteiger partial charge on any atom is 0.318 e. The van der Waals surface area contributed by atoms with Gasteiger partial charge in [-0.2, -0.15) is 11.8 Å². The van der Waals surface area contributed by atoms with E-state index in [1.807, 2.05) is 47.0 Å². The van der Waals surface area contributed by atoms with E-state index in [4.69, 9.17) is 5.73 Å². The summed E-state index contributed by atoms with van der Waals surface area (Å²) in [6.45, 7) is 1.55. The van der Waals surface area contributed by atoms with E-state index in [1.54, 1.807) is 0 Å². The van der Waals surface area contributed by atoms with Crippen molar-refractivity contribution in [2.24, 2.45) is 0 Å². The van der Waals surface area contributed by atoms with Gasteiger partial charge in [0.2, 0.25) is 5.13 Å². The summed E-state index contributed by atoms with van der Waals surface area (Å²) in [6, 6.07) is 9.37. The summed E-state index contributed by atoms with van der Waals surface area (Å²) in [5.41, 5.74) is 6.66. The molecule has 3 rings (SSSR count). The molecule has 1 aromatic carbocycles. The number of urea groups is 1. The van der Waals surface area contributed by atoms with Crippen LogP contribution in [0.3, 0.4) is 0 Å². The average Bonchev–Trinajstić information content (AvgIpc) is 3.00. The molecule has 0 radical (unpaired) electrons. The Labute approximate surface area is 137 Å². The van der Waals surface area contributed by atoms with E-state index in [9.17, 15) is 4.79 Å². The van der Waals surface area contributed by atoms with Gasteiger partial charge in [-0.3, -0.25) is 0 Å². The monoisotopic (exact) mass is 335 g/mol.